The van der Waals surface area contributed by atoms with E-state index in [0.717, 1.165) is 29.7 Å². The van der Waals surface area contributed by atoms with Crippen molar-refractivity contribution in [2.45, 2.75) is 46.1 Å². The van der Waals surface area contributed by atoms with E-state index in [-0.39, 0.29) is 5.78 Å². The van der Waals surface area contributed by atoms with E-state index in [4.69, 9.17) is 0 Å². The molecule has 0 fully saturated rings. The highest BCUT2D eigenvalue weighted by Gasteiger charge is 2.35. The Morgan fingerprint density at radius 1 is 1.32 bits per heavy atom. The predicted octanol–water partition coefficient (Wildman–Crippen LogP) is 3.47. The lowest BCUT2D eigenvalue weighted by Gasteiger charge is -2.38. The summed E-state index contributed by atoms with van der Waals surface area (Å²) in [5, 5.41) is 0. The number of Topliss-reactive ketones (excluding diaryl/α,β-unsaturated/α-hetero) is 1. The molecule has 1 unspecified atom stereocenters. The molecule has 0 aliphatic carbocycles. The maximum absolute atomic E-state index is 12.6. The number of rotatable bonds is 7. The molecule has 3 nitrogen and oxygen atoms in total. The standard InChI is InChI=1S/C15H23BrN2O/c1-5-15(4,18(6-2)7-3)14(19)10-13-9-8-12(16)11-17-13/h8-9,11H,5-7,10H2,1-4H3. The number of halogens is 1. The van der Waals surface area contributed by atoms with Crippen molar-refractivity contribution >= 4 is 21.7 Å². The Labute approximate surface area is 124 Å². The summed E-state index contributed by atoms with van der Waals surface area (Å²) in [6, 6.07) is 3.83. The SMILES string of the molecule is CCN(CC)C(C)(CC)C(=O)Cc1ccc(Br)cn1. The molecule has 0 spiro atoms. The van der Waals surface area contributed by atoms with Crippen molar-refractivity contribution in [2.24, 2.45) is 0 Å². The highest BCUT2D eigenvalue weighted by Crippen LogP contribution is 2.22. The van der Waals surface area contributed by atoms with Crippen LogP contribution < -0.4 is 0 Å². The van der Waals surface area contributed by atoms with Crippen LogP contribution in [0.3, 0.4) is 0 Å². The van der Waals surface area contributed by atoms with Gasteiger partial charge in [-0.25, -0.2) is 0 Å². The van der Waals surface area contributed by atoms with E-state index in [1.165, 1.54) is 0 Å². The molecule has 0 aliphatic heterocycles. The molecule has 1 aromatic heterocycles. The smallest absolute Gasteiger partial charge is 0.158 e. The first-order valence-electron chi connectivity index (χ1n) is 6.86. The molecule has 1 heterocycles. The fraction of sp³-hybridized carbons (Fsp3) is 0.600. The first kappa shape index (κ1) is 16.3. The maximum atomic E-state index is 12.6. The molecule has 1 rings (SSSR count). The van der Waals surface area contributed by atoms with Gasteiger partial charge in [-0.05, 0) is 54.5 Å². The number of carbonyl (C=O) groups is 1. The van der Waals surface area contributed by atoms with Crippen molar-refractivity contribution in [3.63, 3.8) is 0 Å². The van der Waals surface area contributed by atoms with Crippen LogP contribution in [0.2, 0.25) is 0 Å². The first-order chi connectivity index (χ1) is 8.97. The van der Waals surface area contributed by atoms with Gasteiger partial charge in [-0.15, -0.1) is 0 Å². The van der Waals surface area contributed by atoms with Gasteiger partial charge in [0, 0.05) is 16.4 Å². The minimum Gasteiger partial charge on any atom is -0.297 e. The van der Waals surface area contributed by atoms with E-state index in [1.807, 2.05) is 19.1 Å². The Balaban J connectivity index is 2.87. The van der Waals surface area contributed by atoms with E-state index in [2.05, 4.69) is 46.6 Å². The average molecular weight is 327 g/mol. The summed E-state index contributed by atoms with van der Waals surface area (Å²) in [6.07, 6.45) is 2.96. The van der Waals surface area contributed by atoms with E-state index in [9.17, 15) is 4.79 Å². The summed E-state index contributed by atoms with van der Waals surface area (Å²) in [7, 11) is 0. The van der Waals surface area contributed by atoms with Gasteiger partial charge in [-0.1, -0.05) is 20.8 Å². The van der Waals surface area contributed by atoms with Crippen LogP contribution in [0.25, 0.3) is 0 Å². The summed E-state index contributed by atoms with van der Waals surface area (Å²) in [5.41, 5.74) is 0.443. The van der Waals surface area contributed by atoms with Gasteiger partial charge in [-0.2, -0.15) is 0 Å². The van der Waals surface area contributed by atoms with Gasteiger partial charge >= 0.3 is 0 Å². The number of hydrogen-bond donors (Lipinski definition) is 0. The average Bonchev–Trinajstić information content (AvgIpc) is 2.42. The van der Waals surface area contributed by atoms with Gasteiger partial charge in [0.2, 0.25) is 0 Å². The Hall–Kier alpha value is -0.740. The number of aromatic nitrogens is 1. The van der Waals surface area contributed by atoms with E-state index >= 15 is 0 Å². The van der Waals surface area contributed by atoms with Crippen molar-refractivity contribution in [1.82, 2.24) is 9.88 Å². The molecular weight excluding hydrogens is 304 g/mol. The van der Waals surface area contributed by atoms with Crippen LogP contribution in [-0.2, 0) is 11.2 Å². The van der Waals surface area contributed by atoms with Crippen LogP contribution in [0.1, 0.15) is 39.8 Å². The Kier molecular flexibility index (Phi) is 6.14. The predicted molar refractivity (Wildman–Crippen MR) is 82.3 cm³/mol. The lowest BCUT2D eigenvalue weighted by atomic mass is 9.88. The van der Waals surface area contributed by atoms with E-state index in [1.54, 1.807) is 6.20 Å². The zero-order chi connectivity index (χ0) is 14.5. The highest BCUT2D eigenvalue weighted by molar-refractivity contribution is 9.10. The molecule has 0 saturated carbocycles. The van der Waals surface area contributed by atoms with Crippen LogP contribution in [0.5, 0.6) is 0 Å². The minimum absolute atomic E-state index is 0.244. The van der Waals surface area contributed by atoms with Crippen molar-refractivity contribution in [3.8, 4) is 0 Å². The molecule has 1 atom stereocenters. The molecule has 0 bridgehead atoms. The molecule has 19 heavy (non-hydrogen) atoms. The molecule has 106 valence electrons. The van der Waals surface area contributed by atoms with Gasteiger partial charge in [-0.3, -0.25) is 14.7 Å². The first-order valence-corrected chi connectivity index (χ1v) is 7.66. The van der Waals surface area contributed by atoms with Crippen molar-refractivity contribution in [2.75, 3.05) is 13.1 Å². The lowest BCUT2D eigenvalue weighted by molar-refractivity contribution is -0.129. The summed E-state index contributed by atoms with van der Waals surface area (Å²) >= 11 is 3.35. The molecule has 1 aromatic rings. The van der Waals surface area contributed by atoms with Crippen LogP contribution in [0, 0.1) is 0 Å². The van der Waals surface area contributed by atoms with Gasteiger partial charge < -0.3 is 0 Å². The third kappa shape index (κ3) is 3.86. The zero-order valence-electron chi connectivity index (χ0n) is 12.2. The summed E-state index contributed by atoms with van der Waals surface area (Å²) in [5.74, 6) is 0.244. The second kappa shape index (κ2) is 7.15. The molecule has 0 aliphatic rings. The third-order valence-electron chi connectivity index (χ3n) is 3.88. The number of ketones is 1. The summed E-state index contributed by atoms with van der Waals surface area (Å²) < 4.78 is 0.936. The number of likely N-dealkylation sites (N-methyl/N-ethyl adjacent to an activating group) is 1. The van der Waals surface area contributed by atoms with Crippen molar-refractivity contribution in [1.29, 1.82) is 0 Å². The largest absolute Gasteiger partial charge is 0.297 e. The van der Waals surface area contributed by atoms with Gasteiger partial charge in [0.05, 0.1) is 12.0 Å². The molecule has 0 saturated heterocycles. The zero-order valence-corrected chi connectivity index (χ0v) is 13.8. The minimum atomic E-state index is -0.391. The Morgan fingerprint density at radius 2 is 1.95 bits per heavy atom. The van der Waals surface area contributed by atoms with Crippen molar-refractivity contribution < 1.29 is 4.79 Å². The molecular formula is C15H23BrN2O. The van der Waals surface area contributed by atoms with Crippen molar-refractivity contribution in [3.05, 3.63) is 28.5 Å². The monoisotopic (exact) mass is 326 g/mol. The molecule has 0 amide bonds. The molecule has 0 radical (unpaired) electrons. The molecule has 0 N–H and O–H groups in total. The highest BCUT2D eigenvalue weighted by atomic mass is 79.9. The van der Waals surface area contributed by atoms with Gasteiger partial charge in [0.1, 0.15) is 0 Å². The summed E-state index contributed by atoms with van der Waals surface area (Å²) in [4.78, 5) is 19.1. The van der Waals surface area contributed by atoms with E-state index in [0.29, 0.717) is 6.42 Å². The van der Waals surface area contributed by atoms with Crippen LogP contribution in [0.4, 0.5) is 0 Å². The fourth-order valence-electron chi connectivity index (χ4n) is 2.38. The number of nitrogens with zero attached hydrogens (tertiary/aromatic N) is 2. The van der Waals surface area contributed by atoms with Crippen LogP contribution >= 0.6 is 15.9 Å². The second-order valence-corrected chi connectivity index (χ2v) is 5.78. The quantitative estimate of drug-likeness (QED) is 0.769. The lowest BCUT2D eigenvalue weighted by Crippen LogP contribution is -2.52. The van der Waals surface area contributed by atoms with Crippen LogP contribution in [0.15, 0.2) is 22.8 Å². The molecule has 0 aromatic carbocycles. The van der Waals surface area contributed by atoms with E-state index < -0.39 is 5.54 Å². The topological polar surface area (TPSA) is 33.2 Å². The number of pyridine rings is 1. The third-order valence-corrected chi connectivity index (χ3v) is 4.35. The maximum Gasteiger partial charge on any atom is 0.158 e. The number of hydrogen-bond acceptors (Lipinski definition) is 3. The van der Waals surface area contributed by atoms with Gasteiger partial charge in [0.15, 0.2) is 5.78 Å². The van der Waals surface area contributed by atoms with Gasteiger partial charge in [0.25, 0.3) is 0 Å². The Bertz CT molecular complexity index is 415. The van der Waals surface area contributed by atoms with Crippen LogP contribution in [-0.4, -0.2) is 34.3 Å². The summed E-state index contributed by atoms with van der Waals surface area (Å²) in [6.45, 7) is 10.1. The Morgan fingerprint density at radius 3 is 2.37 bits per heavy atom. The number of carbonyl (C=O) groups excluding carboxylic acids is 1. The molecule has 4 heteroatoms. The second-order valence-electron chi connectivity index (χ2n) is 4.87. The normalized spacial score (nSPS) is 14.4. The fourth-order valence-corrected chi connectivity index (χ4v) is 2.62.